The van der Waals surface area contributed by atoms with Crippen LogP contribution in [0.4, 0.5) is 0 Å². The topological polar surface area (TPSA) is 53.1 Å². The van der Waals surface area contributed by atoms with Crippen LogP contribution in [0.15, 0.2) is 12.4 Å². The lowest BCUT2D eigenvalue weighted by atomic mass is 9.91. The summed E-state index contributed by atoms with van der Waals surface area (Å²) in [7, 11) is 1.92. The van der Waals surface area contributed by atoms with Crippen LogP contribution in [0, 0.1) is 5.92 Å². The molecule has 1 aromatic rings. The summed E-state index contributed by atoms with van der Waals surface area (Å²) in [5, 5.41) is 4.16. The van der Waals surface area contributed by atoms with Gasteiger partial charge in [0.1, 0.15) is 0 Å². The molecular weight excluding hydrogens is 178 g/mol. The summed E-state index contributed by atoms with van der Waals surface area (Å²) in [6, 6.07) is 0. The molecule has 14 heavy (non-hydrogen) atoms. The Bertz CT molecular complexity index is 297. The third kappa shape index (κ3) is 1.81. The van der Waals surface area contributed by atoms with Crippen molar-refractivity contribution in [2.45, 2.75) is 18.9 Å². The molecule has 4 heteroatoms. The molecule has 2 rings (SSSR count). The van der Waals surface area contributed by atoms with E-state index in [1.807, 2.05) is 19.4 Å². The first-order valence-electron chi connectivity index (χ1n) is 5.11. The van der Waals surface area contributed by atoms with Crippen LogP contribution in [-0.4, -0.2) is 22.9 Å². The summed E-state index contributed by atoms with van der Waals surface area (Å²) in [4.78, 5) is 0. The number of rotatable bonds is 2. The molecule has 1 aliphatic heterocycles. The summed E-state index contributed by atoms with van der Waals surface area (Å²) in [5.41, 5.74) is 6.89. The van der Waals surface area contributed by atoms with Crippen molar-refractivity contribution in [3.8, 4) is 0 Å². The fourth-order valence-corrected chi connectivity index (χ4v) is 2.04. The Morgan fingerprint density at radius 3 is 3.21 bits per heavy atom. The SMILES string of the molecule is Cn1cc(C2OCCCC2CN)cn1. The average Bonchev–Trinajstić information content (AvgIpc) is 2.65. The standard InChI is InChI=1S/C10H17N3O/c1-13-7-9(6-12-13)10-8(5-11)3-2-4-14-10/h6-8,10H,2-5,11H2,1H3. The van der Waals surface area contributed by atoms with Gasteiger partial charge in [-0.15, -0.1) is 0 Å². The van der Waals surface area contributed by atoms with E-state index in [0.717, 1.165) is 25.0 Å². The van der Waals surface area contributed by atoms with E-state index >= 15 is 0 Å². The fraction of sp³-hybridized carbons (Fsp3) is 0.700. The summed E-state index contributed by atoms with van der Waals surface area (Å²) in [6.07, 6.45) is 6.33. The van der Waals surface area contributed by atoms with E-state index in [4.69, 9.17) is 10.5 Å². The highest BCUT2D eigenvalue weighted by Crippen LogP contribution is 2.32. The van der Waals surface area contributed by atoms with Gasteiger partial charge in [-0.05, 0) is 19.4 Å². The second-order valence-corrected chi connectivity index (χ2v) is 3.88. The van der Waals surface area contributed by atoms with Crippen LogP contribution in [0.5, 0.6) is 0 Å². The van der Waals surface area contributed by atoms with Crippen molar-refractivity contribution >= 4 is 0 Å². The van der Waals surface area contributed by atoms with Crippen molar-refractivity contribution in [3.05, 3.63) is 18.0 Å². The maximum atomic E-state index is 5.75. The largest absolute Gasteiger partial charge is 0.373 e. The first-order chi connectivity index (χ1) is 6.81. The normalized spacial score (nSPS) is 27.9. The van der Waals surface area contributed by atoms with Crippen molar-refractivity contribution in [2.75, 3.05) is 13.2 Å². The summed E-state index contributed by atoms with van der Waals surface area (Å²) < 4.78 is 7.55. The van der Waals surface area contributed by atoms with Crippen LogP contribution in [0.2, 0.25) is 0 Å². The van der Waals surface area contributed by atoms with Gasteiger partial charge in [0.2, 0.25) is 0 Å². The molecule has 2 heterocycles. The van der Waals surface area contributed by atoms with Gasteiger partial charge in [0.15, 0.2) is 0 Å². The molecule has 2 unspecified atom stereocenters. The Morgan fingerprint density at radius 2 is 2.57 bits per heavy atom. The van der Waals surface area contributed by atoms with E-state index in [1.165, 1.54) is 0 Å². The molecule has 1 aromatic heterocycles. The van der Waals surface area contributed by atoms with E-state index in [1.54, 1.807) is 4.68 Å². The highest BCUT2D eigenvalue weighted by Gasteiger charge is 2.27. The first kappa shape index (κ1) is 9.68. The summed E-state index contributed by atoms with van der Waals surface area (Å²) in [5.74, 6) is 0.452. The summed E-state index contributed by atoms with van der Waals surface area (Å²) in [6.45, 7) is 1.54. The fourth-order valence-electron chi connectivity index (χ4n) is 2.04. The van der Waals surface area contributed by atoms with Crippen molar-refractivity contribution in [3.63, 3.8) is 0 Å². The van der Waals surface area contributed by atoms with Crippen molar-refractivity contribution in [1.82, 2.24) is 9.78 Å². The van der Waals surface area contributed by atoms with E-state index in [-0.39, 0.29) is 6.10 Å². The van der Waals surface area contributed by atoms with Crippen LogP contribution in [0.3, 0.4) is 0 Å². The highest BCUT2D eigenvalue weighted by molar-refractivity contribution is 5.10. The maximum absolute atomic E-state index is 5.75. The minimum atomic E-state index is 0.155. The zero-order chi connectivity index (χ0) is 9.97. The van der Waals surface area contributed by atoms with E-state index in [2.05, 4.69) is 5.10 Å². The van der Waals surface area contributed by atoms with Crippen LogP contribution in [-0.2, 0) is 11.8 Å². The summed E-state index contributed by atoms with van der Waals surface area (Å²) >= 11 is 0. The van der Waals surface area contributed by atoms with E-state index in [0.29, 0.717) is 12.5 Å². The van der Waals surface area contributed by atoms with Crippen LogP contribution in [0.25, 0.3) is 0 Å². The number of hydrogen-bond acceptors (Lipinski definition) is 3. The molecule has 4 nitrogen and oxygen atoms in total. The molecule has 1 aliphatic rings. The maximum Gasteiger partial charge on any atom is 0.0895 e. The minimum Gasteiger partial charge on any atom is -0.373 e. The zero-order valence-electron chi connectivity index (χ0n) is 8.52. The van der Waals surface area contributed by atoms with Gasteiger partial charge >= 0.3 is 0 Å². The predicted molar refractivity (Wildman–Crippen MR) is 53.7 cm³/mol. The molecule has 0 saturated carbocycles. The van der Waals surface area contributed by atoms with Gasteiger partial charge in [0, 0.05) is 31.3 Å². The number of aryl methyl sites for hydroxylation is 1. The monoisotopic (exact) mass is 195 g/mol. The van der Waals surface area contributed by atoms with Gasteiger partial charge in [-0.25, -0.2) is 0 Å². The van der Waals surface area contributed by atoms with Crippen molar-refractivity contribution < 1.29 is 4.74 Å². The lowest BCUT2D eigenvalue weighted by Crippen LogP contribution is -2.28. The molecule has 0 spiro atoms. The van der Waals surface area contributed by atoms with Crippen LogP contribution < -0.4 is 5.73 Å². The number of nitrogens with zero attached hydrogens (tertiary/aromatic N) is 2. The number of ether oxygens (including phenoxy) is 1. The van der Waals surface area contributed by atoms with Crippen LogP contribution >= 0.6 is 0 Å². The molecular formula is C10H17N3O. The third-order valence-corrected chi connectivity index (χ3v) is 2.80. The molecule has 0 aliphatic carbocycles. The Labute approximate surface area is 84.0 Å². The van der Waals surface area contributed by atoms with Gasteiger partial charge in [-0.2, -0.15) is 5.10 Å². The molecule has 0 bridgehead atoms. The Balaban J connectivity index is 2.14. The second kappa shape index (κ2) is 4.11. The predicted octanol–water partition coefficient (Wildman–Crippen LogP) is 0.846. The van der Waals surface area contributed by atoms with Gasteiger partial charge in [0.25, 0.3) is 0 Å². The number of nitrogens with two attached hydrogens (primary N) is 1. The molecule has 1 saturated heterocycles. The molecule has 2 atom stereocenters. The van der Waals surface area contributed by atoms with Crippen molar-refractivity contribution in [2.24, 2.45) is 18.7 Å². The van der Waals surface area contributed by atoms with Crippen LogP contribution in [0.1, 0.15) is 24.5 Å². The second-order valence-electron chi connectivity index (χ2n) is 3.88. The number of hydrogen-bond donors (Lipinski definition) is 1. The quantitative estimate of drug-likeness (QED) is 0.761. The van der Waals surface area contributed by atoms with E-state index < -0.39 is 0 Å². The lowest BCUT2D eigenvalue weighted by Gasteiger charge is -2.30. The van der Waals surface area contributed by atoms with E-state index in [9.17, 15) is 0 Å². The molecule has 0 amide bonds. The Morgan fingerprint density at radius 1 is 1.71 bits per heavy atom. The smallest absolute Gasteiger partial charge is 0.0895 e. The highest BCUT2D eigenvalue weighted by atomic mass is 16.5. The Kier molecular flexibility index (Phi) is 2.84. The van der Waals surface area contributed by atoms with Gasteiger partial charge in [-0.3, -0.25) is 4.68 Å². The molecule has 0 aromatic carbocycles. The molecule has 0 radical (unpaired) electrons. The Hall–Kier alpha value is -0.870. The van der Waals surface area contributed by atoms with Gasteiger partial charge in [-0.1, -0.05) is 0 Å². The zero-order valence-corrected chi connectivity index (χ0v) is 8.52. The average molecular weight is 195 g/mol. The molecule has 1 fully saturated rings. The van der Waals surface area contributed by atoms with Crippen molar-refractivity contribution in [1.29, 1.82) is 0 Å². The number of aromatic nitrogens is 2. The lowest BCUT2D eigenvalue weighted by molar-refractivity contribution is -0.0252. The van der Waals surface area contributed by atoms with Gasteiger partial charge < -0.3 is 10.5 Å². The van der Waals surface area contributed by atoms with Gasteiger partial charge in [0.05, 0.1) is 12.3 Å². The first-order valence-corrected chi connectivity index (χ1v) is 5.11. The third-order valence-electron chi connectivity index (χ3n) is 2.80. The molecule has 78 valence electrons. The minimum absolute atomic E-state index is 0.155. The molecule has 2 N–H and O–H groups in total.